The number of methoxy groups -OCH3 is 1. The summed E-state index contributed by atoms with van der Waals surface area (Å²) in [6.07, 6.45) is 3.37. The fourth-order valence-corrected chi connectivity index (χ4v) is 2.01. The average molecular weight is 327 g/mol. The first-order chi connectivity index (χ1) is 10.8. The van der Waals surface area contributed by atoms with E-state index in [0.717, 1.165) is 0 Å². The van der Waals surface area contributed by atoms with Crippen LogP contribution in [0.25, 0.3) is 0 Å². The number of rotatable bonds is 1. The summed E-state index contributed by atoms with van der Waals surface area (Å²) in [7, 11) is 1.54. The molecule has 0 aromatic carbocycles. The standard InChI is InChI=1S/C16H25NO6/c1-10-6-5-7-14(18)17-12(3)16(20)22-8-11(2)15(19)23-9-13(10)21-4/h5-6,10-13H,7-9H2,1-4H3,(H,17,18)/b6-5+/t10-,11+,12+,13-/m0/s1. The topological polar surface area (TPSA) is 90.9 Å². The van der Waals surface area contributed by atoms with E-state index in [4.69, 9.17) is 14.2 Å². The third-order valence-electron chi connectivity index (χ3n) is 3.63. The minimum absolute atomic E-state index is 0.0312. The molecule has 23 heavy (non-hydrogen) atoms. The highest BCUT2D eigenvalue weighted by Gasteiger charge is 2.23. The maximum absolute atomic E-state index is 11.9. The zero-order valence-corrected chi connectivity index (χ0v) is 14.0. The highest BCUT2D eigenvalue weighted by molar-refractivity contribution is 5.85. The van der Waals surface area contributed by atoms with Gasteiger partial charge in [0.05, 0.1) is 12.0 Å². The highest BCUT2D eigenvalue weighted by Crippen LogP contribution is 2.11. The molecule has 7 nitrogen and oxygen atoms in total. The maximum Gasteiger partial charge on any atom is 0.328 e. The van der Waals surface area contributed by atoms with Gasteiger partial charge in [-0.25, -0.2) is 4.79 Å². The molecule has 0 saturated heterocycles. The molecular weight excluding hydrogens is 302 g/mol. The van der Waals surface area contributed by atoms with Crippen LogP contribution in [0.5, 0.6) is 0 Å². The van der Waals surface area contributed by atoms with Crippen molar-refractivity contribution in [3.8, 4) is 0 Å². The quantitative estimate of drug-likeness (QED) is 0.566. The van der Waals surface area contributed by atoms with Gasteiger partial charge in [0.2, 0.25) is 5.91 Å². The number of amides is 1. The second kappa shape index (κ2) is 9.29. The van der Waals surface area contributed by atoms with Crippen LogP contribution in [0.15, 0.2) is 12.2 Å². The predicted octanol–water partition coefficient (Wildman–Crippen LogP) is 0.825. The maximum atomic E-state index is 11.9. The lowest BCUT2D eigenvalue weighted by molar-refractivity contribution is -0.158. The molecule has 1 aliphatic heterocycles. The summed E-state index contributed by atoms with van der Waals surface area (Å²) in [6, 6.07) is -0.770. The van der Waals surface area contributed by atoms with Gasteiger partial charge in [0, 0.05) is 19.4 Å². The molecule has 7 heteroatoms. The van der Waals surface area contributed by atoms with Crippen LogP contribution in [-0.4, -0.2) is 50.3 Å². The molecule has 0 spiro atoms. The minimum atomic E-state index is -0.770. The highest BCUT2D eigenvalue weighted by atomic mass is 16.6. The van der Waals surface area contributed by atoms with Crippen LogP contribution in [0, 0.1) is 11.8 Å². The van der Waals surface area contributed by atoms with Gasteiger partial charge in [-0.1, -0.05) is 19.1 Å². The lowest BCUT2D eigenvalue weighted by Crippen LogP contribution is -2.40. The Labute approximate surface area is 136 Å². The van der Waals surface area contributed by atoms with E-state index in [9.17, 15) is 14.4 Å². The first-order valence-corrected chi connectivity index (χ1v) is 7.67. The molecule has 1 amide bonds. The molecule has 0 radical (unpaired) electrons. The molecule has 1 aliphatic rings. The summed E-state index contributed by atoms with van der Waals surface area (Å²) in [5, 5.41) is 2.55. The lowest BCUT2D eigenvalue weighted by atomic mass is 10.0. The molecule has 0 unspecified atom stereocenters. The van der Waals surface area contributed by atoms with Crippen LogP contribution < -0.4 is 5.32 Å². The second-order valence-electron chi connectivity index (χ2n) is 5.72. The van der Waals surface area contributed by atoms with E-state index >= 15 is 0 Å². The molecule has 0 bridgehead atoms. The van der Waals surface area contributed by atoms with Gasteiger partial charge >= 0.3 is 11.9 Å². The summed E-state index contributed by atoms with van der Waals surface area (Å²) in [4.78, 5) is 35.4. The molecule has 0 aromatic rings. The van der Waals surface area contributed by atoms with Gasteiger partial charge in [-0.15, -0.1) is 0 Å². The number of nitrogens with one attached hydrogen (secondary N) is 1. The van der Waals surface area contributed by atoms with E-state index in [1.807, 2.05) is 13.0 Å². The van der Waals surface area contributed by atoms with E-state index in [1.165, 1.54) is 14.0 Å². The van der Waals surface area contributed by atoms with Crippen LogP contribution in [-0.2, 0) is 28.6 Å². The molecule has 0 fully saturated rings. The first-order valence-electron chi connectivity index (χ1n) is 7.67. The van der Waals surface area contributed by atoms with E-state index in [1.54, 1.807) is 13.0 Å². The Balaban J connectivity index is 2.83. The summed E-state index contributed by atoms with van der Waals surface area (Å²) < 4.78 is 15.6. The number of carbonyl (C=O) groups is 3. The molecule has 1 N–H and O–H groups in total. The first kappa shape index (κ1) is 19.2. The number of carbonyl (C=O) groups excluding carboxylic acids is 3. The van der Waals surface area contributed by atoms with Crippen molar-refractivity contribution in [1.82, 2.24) is 5.32 Å². The number of hydrogen-bond acceptors (Lipinski definition) is 6. The number of esters is 2. The number of cyclic esters (lactones) is 2. The van der Waals surface area contributed by atoms with E-state index in [2.05, 4.69) is 5.32 Å². The largest absolute Gasteiger partial charge is 0.463 e. The Morgan fingerprint density at radius 1 is 1.09 bits per heavy atom. The molecule has 1 rings (SSSR count). The van der Waals surface area contributed by atoms with Gasteiger partial charge in [0.25, 0.3) is 0 Å². The van der Waals surface area contributed by atoms with Crippen molar-refractivity contribution in [2.24, 2.45) is 11.8 Å². The SMILES string of the molecule is CO[C@H]1COC(=O)[C@H](C)COC(=O)[C@@H](C)NC(=O)C/C=C/[C@@H]1C. The van der Waals surface area contributed by atoms with Gasteiger partial charge in [-0.2, -0.15) is 0 Å². The van der Waals surface area contributed by atoms with Crippen molar-refractivity contribution in [2.45, 2.75) is 39.3 Å². The molecule has 0 saturated carbocycles. The molecule has 0 aromatic heterocycles. The van der Waals surface area contributed by atoms with Crippen molar-refractivity contribution in [3.63, 3.8) is 0 Å². The Hall–Kier alpha value is -1.89. The molecule has 0 aliphatic carbocycles. The van der Waals surface area contributed by atoms with Crippen LogP contribution in [0.2, 0.25) is 0 Å². The van der Waals surface area contributed by atoms with Gasteiger partial charge in [-0.3, -0.25) is 9.59 Å². The van der Waals surface area contributed by atoms with Gasteiger partial charge in [0.1, 0.15) is 19.3 Å². The fraction of sp³-hybridized carbons (Fsp3) is 0.688. The van der Waals surface area contributed by atoms with Crippen LogP contribution >= 0.6 is 0 Å². The smallest absolute Gasteiger partial charge is 0.328 e. The minimum Gasteiger partial charge on any atom is -0.463 e. The van der Waals surface area contributed by atoms with Crippen molar-refractivity contribution < 1.29 is 28.6 Å². The van der Waals surface area contributed by atoms with Crippen LogP contribution in [0.4, 0.5) is 0 Å². The van der Waals surface area contributed by atoms with E-state index < -0.39 is 23.9 Å². The van der Waals surface area contributed by atoms with Gasteiger partial charge in [-0.05, 0) is 13.8 Å². The fourth-order valence-electron chi connectivity index (χ4n) is 2.01. The molecule has 130 valence electrons. The zero-order valence-electron chi connectivity index (χ0n) is 14.0. The van der Waals surface area contributed by atoms with Crippen molar-refractivity contribution in [3.05, 3.63) is 12.2 Å². The third kappa shape index (κ3) is 6.40. The van der Waals surface area contributed by atoms with Gasteiger partial charge in [0.15, 0.2) is 0 Å². The summed E-state index contributed by atoms with van der Waals surface area (Å²) in [5.74, 6) is -1.93. The van der Waals surface area contributed by atoms with Crippen molar-refractivity contribution in [2.75, 3.05) is 20.3 Å². The van der Waals surface area contributed by atoms with Crippen LogP contribution in [0.1, 0.15) is 27.2 Å². The summed E-state index contributed by atoms with van der Waals surface area (Å²) in [5.41, 5.74) is 0. The van der Waals surface area contributed by atoms with E-state index in [-0.39, 0.29) is 37.6 Å². The number of hydrogen-bond donors (Lipinski definition) is 1. The normalized spacial score (nSPS) is 32.8. The van der Waals surface area contributed by atoms with Crippen molar-refractivity contribution >= 4 is 17.8 Å². The molecule has 4 atom stereocenters. The lowest BCUT2D eigenvalue weighted by Gasteiger charge is -2.21. The Bertz CT molecular complexity index is 461. The third-order valence-corrected chi connectivity index (χ3v) is 3.63. The summed E-state index contributed by atoms with van der Waals surface area (Å²) >= 11 is 0. The molecule has 1 heterocycles. The second-order valence-corrected chi connectivity index (χ2v) is 5.72. The van der Waals surface area contributed by atoms with Gasteiger partial charge < -0.3 is 19.5 Å². The van der Waals surface area contributed by atoms with Crippen LogP contribution in [0.3, 0.4) is 0 Å². The zero-order chi connectivity index (χ0) is 17.4. The predicted molar refractivity (Wildman–Crippen MR) is 82.4 cm³/mol. The monoisotopic (exact) mass is 327 g/mol. The Morgan fingerprint density at radius 2 is 1.74 bits per heavy atom. The average Bonchev–Trinajstić information content (AvgIpc) is 2.51. The summed E-state index contributed by atoms with van der Waals surface area (Å²) in [6.45, 7) is 5.06. The van der Waals surface area contributed by atoms with E-state index in [0.29, 0.717) is 0 Å². The molecular formula is C16H25NO6. The Kier molecular flexibility index (Phi) is 7.74. The number of ether oxygens (including phenoxy) is 3. The van der Waals surface area contributed by atoms with Crippen molar-refractivity contribution in [1.29, 1.82) is 0 Å². The Morgan fingerprint density at radius 3 is 2.39 bits per heavy atom.